The number of carbonyl (C=O) groups is 1. The second-order valence-corrected chi connectivity index (χ2v) is 7.56. The van der Waals surface area contributed by atoms with Gasteiger partial charge < -0.3 is 20.4 Å². The summed E-state index contributed by atoms with van der Waals surface area (Å²) in [6, 6.07) is 5.00. The fourth-order valence-corrected chi connectivity index (χ4v) is 3.03. The largest absolute Gasteiger partial charge is 0.394 e. The van der Waals surface area contributed by atoms with Crippen molar-refractivity contribution in [2.24, 2.45) is 5.16 Å². The minimum atomic E-state index is -1.48. The highest BCUT2D eigenvalue weighted by atomic mass is 127. The molecule has 0 heterocycles. The molecule has 0 radical (unpaired) electrons. The average Bonchev–Trinajstić information content (AvgIpc) is 2.78. The lowest BCUT2D eigenvalue weighted by Crippen LogP contribution is -2.27. The Morgan fingerprint density at radius 1 is 1.12 bits per heavy atom. The minimum absolute atomic E-state index is 0.0532. The standard InChI is InChI=1S/C21H21F3IN3O5/c1-2-3-16(27-32-8-6-29)13-11-14(21(31)28-33-9-7-30)20(19(24)18(13)23)26-17-5-4-12(25)10-15(17)22/h2,4-5,10-11,26,29-30H,1,3,6-9H2,(H,28,31)/b27-16-. The van der Waals surface area contributed by atoms with Crippen molar-refractivity contribution in [1.82, 2.24) is 5.48 Å². The van der Waals surface area contributed by atoms with E-state index in [1.807, 2.05) is 28.1 Å². The zero-order valence-corrected chi connectivity index (χ0v) is 19.4. The van der Waals surface area contributed by atoms with Crippen LogP contribution in [-0.2, 0) is 9.68 Å². The molecule has 12 heteroatoms. The highest BCUT2D eigenvalue weighted by Gasteiger charge is 2.26. The topological polar surface area (TPSA) is 112 Å². The van der Waals surface area contributed by atoms with Gasteiger partial charge in [-0.2, -0.15) is 0 Å². The van der Waals surface area contributed by atoms with E-state index in [-0.39, 0.29) is 37.6 Å². The van der Waals surface area contributed by atoms with Crippen molar-refractivity contribution in [3.63, 3.8) is 0 Å². The summed E-state index contributed by atoms with van der Waals surface area (Å²) in [5.74, 6) is -4.59. The molecule has 0 fully saturated rings. The third-order valence-corrected chi connectivity index (χ3v) is 4.68. The van der Waals surface area contributed by atoms with Crippen LogP contribution in [-0.4, -0.2) is 48.3 Å². The van der Waals surface area contributed by atoms with Crippen LogP contribution in [0.25, 0.3) is 0 Å². The first-order chi connectivity index (χ1) is 15.8. The molecular weight excluding hydrogens is 558 g/mol. The Hall–Kier alpha value is -2.68. The lowest BCUT2D eigenvalue weighted by atomic mass is 10.0. The van der Waals surface area contributed by atoms with Crippen LogP contribution in [0.5, 0.6) is 0 Å². The van der Waals surface area contributed by atoms with E-state index in [4.69, 9.17) is 19.9 Å². The molecule has 0 aliphatic carbocycles. The molecule has 0 unspecified atom stereocenters. The molecule has 33 heavy (non-hydrogen) atoms. The number of allylic oxidation sites excluding steroid dienone is 1. The Kier molecular flexibility index (Phi) is 10.6. The first-order valence-electron chi connectivity index (χ1n) is 9.52. The Balaban J connectivity index is 2.62. The van der Waals surface area contributed by atoms with Crippen LogP contribution in [0.2, 0.25) is 0 Å². The molecule has 0 saturated carbocycles. The lowest BCUT2D eigenvalue weighted by Gasteiger charge is -2.17. The van der Waals surface area contributed by atoms with E-state index in [1.54, 1.807) is 0 Å². The molecule has 0 atom stereocenters. The van der Waals surface area contributed by atoms with Crippen LogP contribution in [0, 0.1) is 21.0 Å². The Bertz CT molecular complexity index is 1040. The Morgan fingerprint density at radius 2 is 1.85 bits per heavy atom. The summed E-state index contributed by atoms with van der Waals surface area (Å²) in [6.07, 6.45) is 1.30. The van der Waals surface area contributed by atoms with Gasteiger partial charge in [-0.3, -0.25) is 9.63 Å². The predicted octanol–water partition coefficient (Wildman–Crippen LogP) is 3.39. The molecule has 0 aliphatic rings. The fourth-order valence-electron chi connectivity index (χ4n) is 2.58. The number of rotatable bonds is 12. The summed E-state index contributed by atoms with van der Waals surface area (Å²) in [5, 5.41) is 23.8. The summed E-state index contributed by atoms with van der Waals surface area (Å²) in [7, 11) is 0. The molecule has 1 amide bonds. The molecular formula is C21H21F3IN3O5. The maximum atomic E-state index is 15.2. The normalized spacial score (nSPS) is 11.3. The van der Waals surface area contributed by atoms with Crippen molar-refractivity contribution < 1.29 is 37.9 Å². The third-order valence-electron chi connectivity index (χ3n) is 4.01. The molecule has 0 aromatic heterocycles. The second kappa shape index (κ2) is 13.1. The van der Waals surface area contributed by atoms with Gasteiger partial charge in [-0.25, -0.2) is 18.7 Å². The van der Waals surface area contributed by atoms with E-state index in [9.17, 15) is 9.18 Å². The maximum absolute atomic E-state index is 15.2. The molecule has 2 rings (SSSR count). The van der Waals surface area contributed by atoms with Gasteiger partial charge in [-0.1, -0.05) is 11.2 Å². The number of nitrogens with one attached hydrogen (secondary N) is 2. The predicted molar refractivity (Wildman–Crippen MR) is 124 cm³/mol. The van der Waals surface area contributed by atoms with Crippen LogP contribution >= 0.6 is 22.6 Å². The Labute approximate surface area is 201 Å². The van der Waals surface area contributed by atoms with Gasteiger partial charge in [0.1, 0.15) is 12.4 Å². The number of hydroxylamine groups is 1. The minimum Gasteiger partial charge on any atom is -0.394 e. The molecule has 0 bridgehead atoms. The van der Waals surface area contributed by atoms with Crippen molar-refractivity contribution >= 4 is 45.6 Å². The van der Waals surface area contributed by atoms with E-state index >= 15 is 8.78 Å². The van der Waals surface area contributed by atoms with Gasteiger partial charge in [0.25, 0.3) is 5.91 Å². The van der Waals surface area contributed by atoms with Crippen LogP contribution in [0.4, 0.5) is 24.5 Å². The average molecular weight is 579 g/mol. The maximum Gasteiger partial charge on any atom is 0.277 e. The van der Waals surface area contributed by atoms with Gasteiger partial charge in [0.05, 0.1) is 42.5 Å². The number of benzene rings is 2. The van der Waals surface area contributed by atoms with Crippen molar-refractivity contribution in [1.29, 1.82) is 0 Å². The number of amides is 1. The zero-order chi connectivity index (χ0) is 24.4. The van der Waals surface area contributed by atoms with Gasteiger partial charge in [0, 0.05) is 15.6 Å². The SMILES string of the molecule is C=CC/C(=N/OCCO)c1cc(C(=O)NOCCO)c(Nc2ccc(I)cc2F)c(F)c1F. The summed E-state index contributed by atoms with van der Waals surface area (Å²) in [4.78, 5) is 22.3. The summed E-state index contributed by atoms with van der Waals surface area (Å²) in [5.41, 5.74) is 0.213. The number of hydrogen-bond donors (Lipinski definition) is 4. The second-order valence-electron chi connectivity index (χ2n) is 6.31. The van der Waals surface area contributed by atoms with Crippen LogP contribution < -0.4 is 10.8 Å². The van der Waals surface area contributed by atoms with Gasteiger partial charge in [0.2, 0.25) is 0 Å². The summed E-state index contributed by atoms with van der Waals surface area (Å²) in [6.45, 7) is 2.31. The van der Waals surface area contributed by atoms with Crippen LogP contribution in [0.3, 0.4) is 0 Å². The van der Waals surface area contributed by atoms with Crippen molar-refractivity contribution in [3.8, 4) is 0 Å². The van der Waals surface area contributed by atoms with E-state index in [0.717, 1.165) is 6.07 Å². The van der Waals surface area contributed by atoms with Crippen molar-refractivity contribution in [2.45, 2.75) is 6.42 Å². The monoisotopic (exact) mass is 579 g/mol. The number of nitrogens with zero attached hydrogens (tertiary/aromatic N) is 1. The molecule has 178 valence electrons. The number of aliphatic hydroxyl groups is 2. The fraction of sp³-hybridized carbons (Fsp3) is 0.238. The molecule has 2 aromatic rings. The highest BCUT2D eigenvalue weighted by Crippen LogP contribution is 2.31. The van der Waals surface area contributed by atoms with Crippen LogP contribution in [0.1, 0.15) is 22.3 Å². The van der Waals surface area contributed by atoms with E-state index < -0.39 is 46.8 Å². The van der Waals surface area contributed by atoms with E-state index in [1.165, 1.54) is 24.3 Å². The third kappa shape index (κ3) is 7.15. The first kappa shape index (κ1) is 26.6. The van der Waals surface area contributed by atoms with Crippen molar-refractivity contribution in [2.75, 3.05) is 31.7 Å². The molecule has 0 saturated heterocycles. The van der Waals surface area contributed by atoms with Gasteiger partial charge >= 0.3 is 0 Å². The molecule has 0 aliphatic heterocycles. The number of carbonyl (C=O) groups excluding carboxylic acids is 1. The molecule has 4 N–H and O–H groups in total. The summed E-state index contributed by atoms with van der Waals surface area (Å²) < 4.78 is 45.1. The number of hydrogen-bond acceptors (Lipinski definition) is 7. The number of halogens is 4. The highest BCUT2D eigenvalue weighted by molar-refractivity contribution is 14.1. The Morgan fingerprint density at radius 3 is 2.48 bits per heavy atom. The quantitative estimate of drug-likeness (QED) is 0.101. The molecule has 2 aromatic carbocycles. The van der Waals surface area contributed by atoms with Gasteiger partial charge in [-0.15, -0.1) is 6.58 Å². The smallest absolute Gasteiger partial charge is 0.277 e. The molecule has 0 spiro atoms. The number of anilines is 2. The van der Waals surface area contributed by atoms with E-state index in [2.05, 4.69) is 17.1 Å². The van der Waals surface area contributed by atoms with Crippen molar-refractivity contribution in [3.05, 3.63) is 69.1 Å². The first-order valence-corrected chi connectivity index (χ1v) is 10.6. The van der Waals surface area contributed by atoms with Gasteiger partial charge in [0.15, 0.2) is 11.6 Å². The number of aliphatic hydroxyl groups excluding tert-OH is 2. The van der Waals surface area contributed by atoms with Crippen LogP contribution in [0.15, 0.2) is 42.1 Å². The van der Waals surface area contributed by atoms with E-state index in [0.29, 0.717) is 3.57 Å². The zero-order valence-electron chi connectivity index (χ0n) is 17.2. The lowest BCUT2D eigenvalue weighted by molar-refractivity contribution is 0.0168. The van der Waals surface area contributed by atoms with Gasteiger partial charge in [-0.05, 0) is 46.9 Å². The molecule has 8 nitrogen and oxygen atoms in total. The summed E-state index contributed by atoms with van der Waals surface area (Å²) >= 11 is 1.88. The number of oxime groups is 1.